The van der Waals surface area contributed by atoms with Gasteiger partial charge in [-0.05, 0) is 38.1 Å². The van der Waals surface area contributed by atoms with Crippen LogP contribution in [-0.2, 0) is 6.18 Å². The van der Waals surface area contributed by atoms with Crippen LogP contribution in [0.1, 0.15) is 18.5 Å². The van der Waals surface area contributed by atoms with E-state index in [0.29, 0.717) is 11.2 Å². The quantitative estimate of drug-likeness (QED) is 0.890. The van der Waals surface area contributed by atoms with E-state index in [9.17, 15) is 13.2 Å². The van der Waals surface area contributed by atoms with Crippen molar-refractivity contribution in [1.29, 1.82) is 0 Å². The first-order valence-corrected chi connectivity index (χ1v) is 6.70. The summed E-state index contributed by atoms with van der Waals surface area (Å²) < 4.78 is 38.0. The number of piperidine rings is 1. The number of anilines is 1. The van der Waals surface area contributed by atoms with Crippen LogP contribution in [0, 0.1) is 0 Å². The monoisotopic (exact) mass is 297 g/mol. The molecular weight excluding hydrogens is 283 g/mol. The Morgan fingerprint density at radius 1 is 1.14 bits per heavy atom. The zero-order chi connectivity index (χ0) is 14.9. The van der Waals surface area contributed by atoms with Gasteiger partial charge in [0.15, 0.2) is 5.65 Å². The lowest BCUT2D eigenvalue weighted by Crippen LogP contribution is -2.35. The highest BCUT2D eigenvalue weighted by Gasteiger charge is 2.32. The number of hydrogen-bond acceptors (Lipinski definition) is 5. The standard InChI is InChI=1S/C13H14F3N5/c14-13(15,16)10-2-1-9-11(18-7-19-12(9)21-10)20-8-3-5-17-6-4-8/h1-2,7-8,17H,3-6H2,(H,18,19,20,21). The number of aromatic nitrogens is 3. The second-order valence-corrected chi connectivity index (χ2v) is 4.96. The molecule has 2 N–H and O–H groups in total. The first-order valence-electron chi connectivity index (χ1n) is 6.70. The van der Waals surface area contributed by atoms with Gasteiger partial charge < -0.3 is 10.6 Å². The van der Waals surface area contributed by atoms with Crippen LogP contribution in [0.15, 0.2) is 18.5 Å². The highest BCUT2D eigenvalue weighted by atomic mass is 19.4. The summed E-state index contributed by atoms with van der Waals surface area (Å²) in [5.41, 5.74) is -0.891. The number of hydrogen-bond donors (Lipinski definition) is 2. The maximum Gasteiger partial charge on any atom is 0.433 e. The molecule has 0 aliphatic carbocycles. The lowest BCUT2D eigenvalue weighted by molar-refractivity contribution is -0.141. The van der Waals surface area contributed by atoms with Crippen molar-refractivity contribution in [2.45, 2.75) is 25.1 Å². The molecule has 1 aliphatic rings. The molecule has 0 saturated carbocycles. The number of alkyl halides is 3. The summed E-state index contributed by atoms with van der Waals surface area (Å²) in [5.74, 6) is 0.535. The largest absolute Gasteiger partial charge is 0.433 e. The molecule has 0 unspecified atom stereocenters. The fourth-order valence-corrected chi connectivity index (χ4v) is 2.37. The Labute approximate surface area is 119 Å². The van der Waals surface area contributed by atoms with Gasteiger partial charge in [0, 0.05) is 6.04 Å². The van der Waals surface area contributed by atoms with Gasteiger partial charge in [-0.3, -0.25) is 0 Å². The molecule has 1 saturated heterocycles. The van der Waals surface area contributed by atoms with Gasteiger partial charge in [0.25, 0.3) is 0 Å². The number of nitrogens with zero attached hydrogens (tertiary/aromatic N) is 3. The SMILES string of the molecule is FC(F)(F)c1ccc2c(NC3CCNCC3)ncnc2n1. The summed E-state index contributed by atoms with van der Waals surface area (Å²) >= 11 is 0. The molecule has 0 amide bonds. The van der Waals surface area contributed by atoms with Crippen molar-refractivity contribution >= 4 is 16.9 Å². The maximum atomic E-state index is 12.7. The first kappa shape index (κ1) is 14.0. The van der Waals surface area contributed by atoms with Crippen LogP contribution in [0.5, 0.6) is 0 Å². The molecule has 5 nitrogen and oxygen atoms in total. The zero-order valence-corrected chi connectivity index (χ0v) is 11.1. The number of nitrogens with one attached hydrogen (secondary N) is 2. The molecule has 3 rings (SSSR count). The average Bonchev–Trinajstić information content (AvgIpc) is 2.47. The number of rotatable bonds is 2. The molecule has 21 heavy (non-hydrogen) atoms. The Kier molecular flexibility index (Phi) is 3.62. The van der Waals surface area contributed by atoms with Gasteiger partial charge in [0.2, 0.25) is 0 Å². The zero-order valence-electron chi connectivity index (χ0n) is 11.1. The summed E-state index contributed by atoms with van der Waals surface area (Å²) in [7, 11) is 0. The minimum Gasteiger partial charge on any atom is -0.367 e. The minimum absolute atomic E-state index is 0.0521. The summed E-state index contributed by atoms with van der Waals surface area (Å²) in [5, 5.41) is 7.03. The van der Waals surface area contributed by atoms with Crippen LogP contribution in [0.25, 0.3) is 11.0 Å². The number of pyridine rings is 1. The highest BCUT2D eigenvalue weighted by Crippen LogP contribution is 2.29. The van der Waals surface area contributed by atoms with E-state index >= 15 is 0 Å². The van der Waals surface area contributed by atoms with Crippen molar-refractivity contribution in [1.82, 2.24) is 20.3 Å². The van der Waals surface area contributed by atoms with E-state index in [-0.39, 0.29) is 11.7 Å². The van der Waals surface area contributed by atoms with Crippen molar-refractivity contribution < 1.29 is 13.2 Å². The Morgan fingerprint density at radius 2 is 1.90 bits per heavy atom. The molecule has 0 bridgehead atoms. The molecule has 1 aliphatic heterocycles. The van der Waals surface area contributed by atoms with E-state index < -0.39 is 11.9 Å². The van der Waals surface area contributed by atoms with Crippen LogP contribution in [0.4, 0.5) is 19.0 Å². The average molecular weight is 297 g/mol. The van der Waals surface area contributed by atoms with E-state index in [4.69, 9.17) is 0 Å². The van der Waals surface area contributed by atoms with E-state index in [0.717, 1.165) is 32.0 Å². The van der Waals surface area contributed by atoms with Crippen LogP contribution in [-0.4, -0.2) is 34.1 Å². The van der Waals surface area contributed by atoms with Crippen LogP contribution in [0.3, 0.4) is 0 Å². The topological polar surface area (TPSA) is 62.7 Å². The van der Waals surface area contributed by atoms with Crippen LogP contribution in [0.2, 0.25) is 0 Å². The van der Waals surface area contributed by atoms with Crippen LogP contribution < -0.4 is 10.6 Å². The first-order chi connectivity index (χ1) is 10.0. The van der Waals surface area contributed by atoms with Gasteiger partial charge in [-0.15, -0.1) is 0 Å². The lowest BCUT2D eigenvalue weighted by atomic mass is 10.1. The Morgan fingerprint density at radius 3 is 2.62 bits per heavy atom. The van der Waals surface area contributed by atoms with Crippen molar-refractivity contribution in [3.63, 3.8) is 0 Å². The Balaban J connectivity index is 1.92. The molecule has 1 fully saturated rings. The summed E-state index contributed by atoms with van der Waals surface area (Å²) in [6.45, 7) is 1.83. The molecule has 2 aromatic rings. The number of halogens is 3. The summed E-state index contributed by atoms with van der Waals surface area (Å²) in [4.78, 5) is 11.5. The van der Waals surface area contributed by atoms with Gasteiger partial charge in [-0.2, -0.15) is 13.2 Å². The third-order valence-corrected chi connectivity index (χ3v) is 3.47. The van der Waals surface area contributed by atoms with Gasteiger partial charge in [-0.25, -0.2) is 15.0 Å². The molecule has 0 atom stereocenters. The molecule has 8 heteroatoms. The van der Waals surface area contributed by atoms with E-state index in [1.807, 2.05) is 0 Å². The fourth-order valence-electron chi connectivity index (χ4n) is 2.37. The second-order valence-electron chi connectivity index (χ2n) is 4.96. The smallest absolute Gasteiger partial charge is 0.367 e. The molecular formula is C13H14F3N5. The molecule has 3 heterocycles. The second kappa shape index (κ2) is 5.44. The van der Waals surface area contributed by atoms with Crippen LogP contribution >= 0.6 is 0 Å². The van der Waals surface area contributed by atoms with Crippen molar-refractivity contribution in [3.05, 3.63) is 24.2 Å². The third-order valence-electron chi connectivity index (χ3n) is 3.47. The highest BCUT2D eigenvalue weighted by molar-refractivity contribution is 5.86. The Hall–Kier alpha value is -1.96. The van der Waals surface area contributed by atoms with Crippen molar-refractivity contribution in [2.24, 2.45) is 0 Å². The van der Waals surface area contributed by atoms with Crippen molar-refractivity contribution in [3.8, 4) is 0 Å². The summed E-state index contributed by atoms with van der Waals surface area (Å²) in [6, 6.07) is 2.58. The van der Waals surface area contributed by atoms with Gasteiger partial charge in [-0.1, -0.05) is 0 Å². The normalized spacial score (nSPS) is 17.1. The van der Waals surface area contributed by atoms with Gasteiger partial charge >= 0.3 is 6.18 Å². The Bertz CT molecular complexity index is 637. The fraction of sp³-hybridized carbons (Fsp3) is 0.462. The van der Waals surface area contributed by atoms with Gasteiger partial charge in [0.05, 0.1) is 5.39 Å². The molecule has 0 aromatic carbocycles. The van der Waals surface area contributed by atoms with E-state index in [1.54, 1.807) is 0 Å². The number of fused-ring (bicyclic) bond motifs is 1. The molecule has 0 radical (unpaired) electrons. The maximum absolute atomic E-state index is 12.7. The predicted octanol–water partition coefficient (Wildman–Crippen LogP) is 2.21. The van der Waals surface area contributed by atoms with E-state index in [1.165, 1.54) is 12.4 Å². The molecule has 0 spiro atoms. The minimum atomic E-state index is -4.47. The van der Waals surface area contributed by atoms with Crippen molar-refractivity contribution in [2.75, 3.05) is 18.4 Å². The van der Waals surface area contributed by atoms with E-state index in [2.05, 4.69) is 25.6 Å². The lowest BCUT2D eigenvalue weighted by Gasteiger charge is -2.24. The summed E-state index contributed by atoms with van der Waals surface area (Å²) in [6.07, 6.45) is -1.35. The molecule has 112 valence electrons. The molecule has 2 aromatic heterocycles. The van der Waals surface area contributed by atoms with Gasteiger partial charge in [0.1, 0.15) is 17.8 Å². The third kappa shape index (κ3) is 3.05. The predicted molar refractivity (Wildman–Crippen MR) is 71.8 cm³/mol.